The highest BCUT2D eigenvalue weighted by atomic mass is 19.1. The number of ether oxygens (including phenoxy) is 1. The quantitative estimate of drug-likeness (QED) is 0.753. The standard InChI is InChI=1S/C18H16FNO5/c19-14-8-6-13(7-9-14)16(21)10-15(17(22)23)20-18(24)25-11-12-4-2-1-3-5-12/h1-9,15H,10-11H2,(H,20,24)(H,22,23). The molecule has 0 bridgehead atoms. The van der Waals surface area contributed by atoms with Crippen LogP contribution in [0.25, 0.3) is 0 Å². The Balaban J connectivity index is 1.91. The number of rotatable bonds is 7. The molecule has 2 aromatic rings. The van der Waals surface area contributed by atoms with Gasteiger partial charge in [0.2, 0.25) is 0 Å². The van der Waals surface area contributed by atoms with Gasteiger partial charge in [-0.2, -0.15) is 0 Å². The Labute approximate surface area is 143 Å². The van der Waals surface area contributed by atoms with Crippen LogP contribution >= 0.6 is 0 Å². The number of alkyl carbamates (subject to hydrolysis) is 1. The van der Waals surface area contributed by atoms with Crippen LogP contribution in [0.2, 0.25) is 0 Å². The smallest absolute Gasteiger partial charge is 0.408 e. The fraction of sp³-hybridized carbons (Fsp3) is 0.167. The summed E-state index contributed by atoms with van der Waals surface area (Å²) in [6, 6.07) is 12.1. The second-order valence-corrected chi connectivity index (χ2v) is 5.23. The van der Waals surface area contributed by atoms with E-state index in [9.17, 15) is 18.8 Å². The van der Waals surface area contributed by atoms with Crippen LogP contribution in [-0.2, 0) is 16.1 Å². The highest BCUT2D eigenvalue weighted by Crippen LogP contribution is 2.08. The minimum Gasteiger partial charge on any atom is -0.480 e. The van der Waals surface area contributed by atoms with Crippen LogP contribution in [0, 0.1) is 5.82 Å². The van der Waals surface area contributed by atoms with Gasteiger partial charge in [-0.3, -0.25) is 4.79 Å². The molecule has 0 saturated carbocycles. The van der Waals surface area contributed by atoms with E-state index < -0.39 is 36.1 Å². The molecule has 25 heavy (non-hydrogen) atoms. The van der Waals surface area contributed by atoms with Crippen molar-refractivity contribution in [1.29, 1.82) is 0 Å². The van der Waals surface area contributed by atoms with E-state index in [2.05, 4.69) is 5.32 Å². The zero-order valence-electron chi connectivity index (χ0n) is 13.1. The summed E-state index contributed by atoms with van der Waals surface area (Å²) in [6.45, 7) is -0.0229. The lowest BCUT2D eigenvalue weighted by molar-refractivity contribution is -0.139. The summed E-state index contributed by atoms with van der Waals surface area (Å²) in [5, 5.41) is 11.3. The summed E-state index contributed by atoms with van der Waals surface area (Å²) < 4.78 is 17.8. The maximum Gasteiger partial charge on any atom is 0.408 e. The van der Waals surface area contributed by atoms with Crippen LogP contribution < -0.4 is 5.32 Å². The lowest BCUT2D eigenvalue weighted by Gasteiger charge is -2.14. The first-order chi connectivity index (χ1) is 12.0. The number of nitrogens with one attached hydrogen (secondary N) is 1. The molecule has 1 amide bonds. The molecule has 0 aromatic heterocycles. The fourth-order valence-corrected chi connectivity index (χ4v) is 2.05. The van der Waals surface area contributed by atoms with Crippen molar-refractivity contribution in [2.24, 2.45) is 0 Å². The second-order valence-electron chi connectivity index (χ2n) is 5.23. The molecule has 0 aliphatic heterocycles. The first-order valence-electron chi connectivity index (χ1n) is 7.44. The average molecular weight is 345 g/mol. The molecule has 130 valence electrons. The number of Topliss-reactive ketones (excluding diaryl/α,β-unsaturated/α-hetero) is 1. The lowest BCUT2D eigenvalue weighted by atomic mass is 10.0. The largest absolute Gasteiger partial charge is 0.480 e. The van der Waals surface area contributed by atoms with Crippen LogP contribution in [0.15, 0.2) is 54.6 Å². The highest BCUT2D eigenvalue weighted by molar-refractivity contribution is 5.99. The molecule has 0 fully saturated rings. The fourth-order valence-electron chi connectivity index (χ4n) is 2.05. The first-order valence-corrected chi connectivity index (χ1v) is 7.44. The molecule has 2 rings (SSSR count). The van der Waals surface area contributed by atoms with Gasteiger partial charge in [-0.05, 0) is 29.8 Å². The van der Waals surface area contributed by atoms with E-state index in [0.29, 0.717) is 0 Å². The van der Waals surface area contributed by atoms with Gasteiger partial charge in [-0.15, -0.1) is 0 Å². The molecule has 2 aromatic carbocycles. The number of carbonyl (C=O) groups is 3. The van der Waals surface area contributed by atoms with Gasteiger partial charge in [0, 0.05) is 12.0 Å². The van der Waals surface area contributed by atoms with Crippen molar-refractivity contribution in [3.05, 3.63) is 71.5 Å². The molecule has 0 spiro atoms. The van der Waals surface area contributed by atoms with Gasteiger partial charge in [0.1, 0.15) is 18.5 Å². The van der Waals surface area contributed by atoms with E-state index in [1.54, 1.807) is 24.3 Å². The first kappa shape index (κ1) is 18.1. The van der Waals surface area contributed by atoms with Gasteiger partial charge in [0.25, 0.3) is 0 Å². The Morgan fingerprint density at radius 1 is 1.04 bits per heavy atom. The Bertz CT molecular complexity index is 746. The predicted molar refractivity (Wildman–Crippen MR) is 86.5 cm³/mol. The van der Waals surface area contributed by atoms with E-state index in [-0.39, 0.29) is 12.2 Å². The van der Waals surface area contributed by atoms with Crippen molar-refractivity contribution in [1.82, 2.24) is 5.32 Å². The van der Waals surface area contributed by atoms with E-state index in [1.165, 1.54) is 12.1 Å². The maximum atomic E-state index is 12.9. The number of carboxylic acid groups (broad SMARTS) is 1. The topological polar surface area (TPSA) is 92.7 Å². The summed E-state index contributed by atoms with van der Waals surface area (Å²) in [7, 11) is 0. The third kappa shape index (κ3) is 5.72. The minimum atomic E-state index is -1.44. The van der Waals surface area contributed by atoms with Crippen LogP contribution in [0.1, 0.15) is 22.3 Å². The number of benzene rings is 2. The molecule has 2 N–H and O–H groups in total. The van der Waals surface area contributed by atoms with Crippen LogP contribution in [0.3, 0.4) is 0 Å². The van der Waals surface area contributed by atoms with Crippen molar-refractivity contribution in [3.8, 4) is 0 Å². The van der Waals surface area contributed by atoms with Crippen molar-refractivity contribution < 1.29 is 28.6 Å². The molecule has 0 aliphatic rings. The van der Waals surface area contributed by atoms with Gasteiger partial charge < -0.3 is 15.2 Å². The minimum absolute atomic E-state index is 0.0229. The Kier molecular flexibility index (Phi) is 6.22. The van der Waals surface area contributed by atoms with Crippen LogP contribution in [0.5, 0.6) is 0 Å². The molecular weight excluding hydrogens is 329 g/mol. The third-order valence-electron chi connectivity index (χ3n) is 3.36. The molecule has 7 heteroatoms. The molecule has 0 aliphatic carbocycles. The number of hydrogen-bond donors (Lipinski definition) is 2. The Morgan fingerprint density at radius 2 is 1.68 bits per heavy atom. The van der Waals surface area contributed by atoms with E-state index in [0.717, 1.165) is 17.7 Å². The Hall–Kier alpha value is -3.22. The predicted octanol–water partition coefficient (Wildman–Crippen LogP) is 2.78. The van der Waals surface area contributed by atoms with Gasteiger partial charge in [-0.25, -0.2) is 14.0 Å². The lowest BCUT2D eigenvalue weighted by Crippen LogP contribution is -2.42. The molecule has 6 nitrogen and oxygen atoms in total. The summed E-state index contributed by atoms with van der Waals surface area (Å²) in [6.07, 6.45) is -1.41. The van der Waals surface area contributed by atoms with Gasteiger partial charge in [-0.1, -0.05) is 30.3 Å². The van der Waals surface area contributed by atoms with Crippen molar-refractivity contribution >= 4 is 17.8 Å². The molecular formula is C18H16FNO5. The van der Waals surface area contributed by atoms with Gasteiger partial charge in [0.05, 0.1) is 0 Å². The molecule has 0 saturated heterocycles. The summed E-state index contributed by atoms with van der Waals surface area (Å²) in [5.74, 6) is -2.41. The number of amides is 1. The Morgan fingerprint density at radius 3 is 2.28 bits per heavy atom. The van der Waals surface area contributed by atoms with Gasteiger partial charge >= 0.3 is 12.1 Å². The summed E-state index contributed by atoms with van der Waals surface area (Å²) >= 11 is 0. The van der Waals surface area contributed by atoms with E-state index in [1.807, 2.05) is 6.07 Å². The number of carbonyl (C=O) groups excluding carboxylic acids is 2. The summed E-state index contributed by atoms with van der Waals surface area (Å²) in [4.78, 5) is 35.0. The second kappa shape index (κ2) is 8.58. The number of aliphatic carboxylic acids is 1. The number of halogens is 1. The monoisotopic (exact) mass is 345 g/mol. The summed E-state index contributed by atoms with van der Waals surface area (Å²) in [5.41, 5.74) is 0.902. The number of ketones is 1. The number of hydrogen-bond acceptors (Lipinski definition) is 4. The highest BCUT2D eigenvalue weighted by Gasteiger charge is 2.24. The molecule has 1 atom stereocenters. The maximum absolute atomic E-state index is 12.9. The average Bonchev–Trinajstić information content (AvgIpc) is 2.60. The number of carboxylic acids is 1. The molecule has 1 unspecified atom stereocenters. The van der Waals surface area contributed by atoms with Crippen LogP contribution in [0.4, 0.5) is 9.18 Å². The third-order valence-corrected chi connectivity index (χ3v) is 3.36. The normalized spacial score (nSPS) is 11.4. The van der Waals surface area contributed by atoms with Crippen molar-refractivity contribution in [2.75, 3.05) is 0 Å². The van der Waals surface area contributed by atoms with E-state index >= 15 is 0 Å². The molecule has 0 heterocycles. The van der Waals surface area contributed by atoms with Crippen molar-refractivity contribution in [2.45, 2.75) is 19.1 Å². The van der Waals surface area contributed by atoms with Crippen molar-refractivity contribution in [3.63, 3.8) is 0 Å². The van der Waals surface area contributed by atoms with E-state index in [4.69, 9.17) is 9.84 Å². The molecule has 0 radical (unpaired) electrons. The van der Waals surface area contributed by atoms with Gasteiger partial charge in [0.15, 0.2) is 5.78 Å². The SMILES string of the molecule is O=C(NC(CC(=O)c1ccc(F)cc1)C(=O)O)OCc1ccccc1. The van der Waals surface area contributed by atoms with Crippen LogP contribution in [-0.4, -0.2) is 29.0 Å². The zero-order chi connectivity index (χ0) is 18.2. The zero-order valence-corrected chi connectivity index (χ0v) is 13.1.